The van der Waals surface area contributed by atoms with Crippen molar-refractivity contribution in [3.63, 3.8) is 0 Å². The van der Waals surface area contributed by atoms with Crippen LogP contribution in [0.1, 0.15) is 17.2 Å². The van der Waals surface area contributed by atoms with Crippen LogP contribution < -0.4 is 11.5 Å². The van der Waals surface area contributed by atoms with E-state index in [1.54, 1.807) is 6.07 Å². The first-order valence-corrected chi connectivity index (χ1v) is 6.49. The summed E-state index contributed by atoms with van der Waals surface area (Å²) in [6.45, 7) is 0. The predicted octanol–water partition coefficient (Wildman–Crippen LogP) is 3.18. The lowest BCUT2D eigenvalue weighted by molar-refractivity contribution is 0.467. The molecule has 1 atom stereocenters. The first-order chi connectivity index (χ1) is 9.68. The summed E-state index contributed by atoms with van der Waals surface area (Å²) in [7, 11) is 0. The lowest BCUT2D eigenvalue weighted by atomic mass is 9.92. The Balaban J connectivity index is 2.24. The Labute approximate surface area is 117 Å². The molecule has 0 bridgehead atoms. The number of hydrogen-bond acceptors (Lipinski definition) is 3. The minimum atomic E-state index is -0.456. The number of benzene rings is 3. The van der Waals surface area contributed by atoms with Gasteiger partial charge in [-0.15, -0.1) is 0 Å². The molecule has 100 valence electrons. The van der Waals surface area contributed by atoms with Crippen LogP contribution in [0.15, 0.2) is 60.7 Å². The van der Waals surface area contributed by atoms with E-state index in [4.69, 9.17) is 11.5 Å². The number of fused-ring (bicyclic) bond motifs is 1. The fourth-order valence-corrected chi connectivity index (χ4v) is 2.56. The summed E-state index contributed by atoms with van der Waals surface area (Å²) in [6.07, 6.45) is 0. The molecule has 1 unspecified atom stereocenters. The number of phenols is 1. The molecule has 3 aromatic carbocycles. The summed E-state index contributed by atoms with van der Waals surface area (Å²) in [5.74, 6) is 0.194. The van der Waals surface area contributed by atoms with Gasteiger partial charge in [0.15, 0.2) is 0 Å². The highest BCUT2D eigenvalue weighted by Crippen LogP contribution is 2.35. The minimum Gasteiger partial charge on any atom is -0.508 e. The number of phenolic OH excluding ortho intramolecular Hbond substituents is 1. The number of nitrogens with two attached hydrogens (primary N) is 2. The van der Waals surface area contributed by atoms with E-state index in [1.165, 1.54) is 0 Å². The molecule has 5 N–H and O–H groups in total. The van der Waals surface area contributed by atoms with Crippen molar-refractivity contribution in [1.82, 2.24) is 0 Å². The molecule has 0 aliphatic rings. The zero-order valence-corrected chi connectivity index (χ0v) is 11.0. The van der Waals surface area contributed by atoms with Crippen LogP contribution in [0.3, 0.4) is 0 Å². The van der Waals surface area contributed by atoms with Gasteiger partial charge in [0.2, 0.25) is 0 Å². The van der Waals surface area contributed by atoms with Gasteiger partial charge >= 0.3 is 0 Å². The van der Waals surface area contributed by atoms with Crippen molar-refractivity contribution in [1.29, 1.82) is 0 Å². The maximum Gasteiger partial charge on any atom is 0.121 e. The van der Waals surface area contributed by atoms with Crippen molar-refractivity contribution < 1.29 is 5.11 Å². The summed E-state index contributed by atoms with van der Waals surface area (Å²) in [5, 5.41) is 12.2. The van der Waals surface area contributed by atoms with Crippen molar-refractivity contribution in [3.05, 3.63) is 71.8 Å². The second-order valence-corrected chi connectivity index (χ2v) is 4.83. The number of para-hydroxylation sites is 1. The third-order valence-electron chi connectivity index (χ3n) is 3.59. The SMILES string of the molecule is Nc1ccccc1C(N)c1c(O)ccc2ccccc12. The Kier molecular flexibility index (Phi) is 3.05. The van der Waals surface area contributed by atoms with Crippen LogP contribution in [0.25, 0.3) is 10.8 Å². The minimum absolute atomic E-state index is 0.194. The standard InChI is InChI=1S/C17H16N2O/c18-14-8-4-3-7-13(14)17(19)16-12-6-2-1-5-11(12)9-10-15(16)20/h1-10,17,20H,18-19H2. The molecule has 3 nitrogen and oxygen atoms in total. The molecule has 0 aliphatic carbocycles. The lowest BCUT2D eigenvalue weighted by Gasteiger charge is -2.18. The molecular weight excluding hydrogens is 248 g/mol. The molecule has 0 fully saturated rings. The van der Waals surface area contributed by atoms with Crippen molar-refractivity contribution in [3.8, 4) is 5.75 Å². The van der Waals surface area contributed by atoms with Crippen LogP contribution in [0.5, 0.6) is 5.75 Å². The molecule has 0 spiro atoms. The Bertz CT molecular complexity index is 768. The van der Waals surface area contributed by atoms with Crippen molar-refractivity contribution in [2.45, 2.75) is 6.04 Å². The van der Waals surface area contributed by atoms with E-state index in [0.717, 1.165) is 16.3 Å². The van der Waals surface area contributed by atoms with Gasteiger partial charge in [0, 0.05) is 11.3 Å². The molecule has 3 heteroatoms. The summed E-state index contributed by atoms with van der Waals surface area (Å²) < 4.78 is 0. The quantitative estimate of drug-likeness (QED) is 0.622. The second-order valence-electron chi connectivity index (χ2n) is 4.83. The molecule has 0 saturated heterocycles. The van der Waals surface area contributed by atoms with Gasteiger partial charge in [-0.3, -0.25) is 0 Å². The predicted molar refractivity (Wildman–Crippen MR) is 82.5 cm³/mol. The average molecular weight is 264 g/mol. The third kappa shape index (κ3) is 1.98. The maximum absolute atomic E-state index is 10.2. The number of rotatable bonds is 2. The van der Waals surface area contributed by atoms with Gasteiger partial charge in [0.1, 0.15) is 5.75 Å². The van der Waals surface area contributed by atoms with Crippen molar-refractivity contribution >= 4 is 16.5 Å². The van der Waals surface area contributed by atoms with E-state index in [-0.39, 0.29) is 5.75 Å². The summed E-state index contributed by atoms with van der Waals surface area (Å²) in [4.78, 5) is 0. The van der Waals surface area contributed by atoms with Gasteiger partial charge in [-0.2, -0.15) is 0 Å². The number of nitrogen functional groups attached to an aromatic ring is 1. The van der Waals surface area contributed by atoms with Gasteiger partial charge in [-0.25, -0.2) is 0 Å². The Morgan fingerprint density at radius 3 is 2.35 bits per heavy atom. The highest BCUT2D eigenvalue weighted by molar-refractivity contribution is 5.88. The Hall–Kier alpha value is -2.52. The van der Waals surface area contributed by atoms with Crippen molar-refractivity contribution in [2.24, 2.45) is 5.73 Å². The van der Waals surface area contributed by atoms with Gasteiger partial charge in [0.05, 0.1) is 6.04 Å². The highest BCUT2D eigenvalue weighted by atomic mass is 16.3. The fourth-order valence-electron chi connectivity index (χ4n) is 2.56. The van der Waals surface area contributed by atoms with E-state index in [9.17, 15) is 5.11 Å². The smallest absolute Gasteiger partial charge is 0.121 e. The third-order valence-corrected chi connectivity index (χ3v) is 3.59. The molecular formula is C17H16N2O. The molecule has 0 amide bonds. The monoisotopic (exact) mass is 264 g/mol. The number of aromatic hydroxyl groups is 1. The van der Waals surface area contributed by atoms with E-state index >= 15 is 0 Å². The average Bonchev–Trinajstić information content (AvgIpc) is 2.47. The largest absolute Gasteiger partial charge is 0.508 e. The summed E-state index contributed by atoms with van der Waals surface area (Å²) >= 11 is 0. The zero-order valence-electron chi connectivity index (χ0n) is 11.0. The molecule has 0 aromatic heterocycles. The van der Waals surface area contributed by atoms with Gasteiger partial charge in [-0.05, 0) is 28.5 Å². The van der Waals surface area contributed by atoms with Crippen LogP contribution in [0, 0.1) is 0 Å². The van der Waals surface area contributed by atoms with E-state index in [1.807, 2.05) is 54.6 Å². The zero-order chi connectivity index (χ0) is 14.1. The van der Waals surface area contributed by atoms with Crippen LogP contribution in [0.4, 0.5) is 5.69 Å². The van der Waals surface area contributed by atoms with Crippen LogP contribution >= 0.6 is 0 Å². The first kappa shape index (κ1) is 12.5. The topological polar surface area (TPSA) is 72.3 Å². The van der Waals surface area contributed by atoms with Gasteiger partial charge in [0.25, 0.3) is 0 Å². The molecule has 0 aliphatic heterocycles. The molecule has 0 radical (unpaired) electrons. The normalized spacial score (nSPS) is 12.4. The molecule has 0 saturated carbocycles. The number of anilines is 1. The lowest BCUT2D eigenvalue weighted by Crippen LogP contribution is -2.14. The summed E-state index contributed by atoms with van der Waals surface area (Å²) in [6, 6.07) is 18.4. The van der Waals surface area contributed by atoms with E-state index in [0.29, 0.717) is 11.3 Å². The van der Waals surface area contributed by atoms with Gasteiger partial charge < -0.3 is 16.6 Å². The second kappa shape index (κ2) is 4.87. The number of hydrogen-bond donors (Lipinski definition) is 3. The molecule has 20 heavy (non-hydrogen) atoms. The highest BCUT2D eigenvalue weighted by Gasteiger charge is 2.18. The fraction of sp³-hybridized carbons (Fsp3) is 0.0588. The van der Waals surface area contributed by atoms with Crippen LogP contribution in [0.2, 0.25) is 0 Å². The van der Waals surface area contributed by atoms with Crippen molar-refractivity contribution in [2.75, 3.05) is 5.73 Å². The first-order valence-electron chi connectivity index (χ1n) is 6.49. The molecule has 0 heterocycles. The van der Waals surface area contributed by atoms with Crippen LogP contribution in [-0.2, 0) is 0 Å². The van der Waals surface area contributed by atoms with Crippen LogP contribution in [-0.4, -0.2) is 5.11 Å². The molecule has 3 rings (SSSR count). The molecule has 3 aromatic rings. The van der Waals surface area contributed by atoms with E-state index in [2.05, 4.69) is 0 Å². The maximum atomic E-state index is 10.2. The van der Waals surface area contributed by atoms with Gasteiger partial charge in [-0.1, -0.05) is 48.5 Å². The van der Waals surface area contributed by atoms with E-state index < -0.39 is 6.04 Å². The Morgan fingerprint density at radius 1 is 0.850 bits per heavy atom. The Morgan fingerprint density at radius 2 is 1.55 bits per heavy atom. The summed E-state index contributed by atoms with van der Waals surface area (Å²) in [5.41, 5.74) is 14.5.